The Morgan fingerprint density at radius 2 is 2.33 bits per heavy atom. The first-order valence-electron chi connectivity index (χ1n) is 3.25. The van der Waals surface area contributed by atoms with Gasteiger partial charge in [0, 0.05) is 36.0 Å². The molecule has 3 heteroatoms. The Bertz CT molecular complexity index is 99.1. The van der Waals surface area contributed by atoms with Crippen molar-refractivity contribution in [3.05, 3.63) is 0 Å². The molecule has 9 heavy (non-hydrogen) atoms. The maximum absolute atomic E-state index is 12.8. The molecule has 1 nitrogen and oxygen atoms in total. The summed E-state index contributed by atoms with van der Waals surface area (Å²) >= 11 is 2.18. The largest absolute Gasteiger partial charge is 0.246 e. The van der Waals surface area contributed by atoms with Crippen LogP contribution in [0.3, 0.4) is 0 Å². The molecule has 0 bridgehead atoms. The Morgan fingerprint density at radius 3 is 2.78 bits per heavy atom. The molecule has 0 aliphatic carbocycles. The van der Waals surface area contributed by atoms with Crippen LogP contribution in [0.15, 0.2) is 0 Å². The summed E-state index contributed by atoms with van der Waals surface area (Å²) in [7, 11) is 0. The zero-order valence-corrected chi connectivity index (χ0v) is 7.64. The standard InChI is InChI=1S/C6H11FIN/c1-5-2-3-9(8)4-6(5)7/h5-6H,2-4H2,1H3/t5-,6+/m0/s1. The molecule has 0 N–H and O–H groups in total. The Hall–Kier alpha value is 0.620. The number of hydrogen-bond acceptors (Lipinski definition) is 1. The molecule has 0 spiro atoms. The molecule has 0 aromatic carbocycles. The minimum atomic E-state index is -0.601. The van der Waals surface area contributed by atoms with E-state index in [-0.39, 0.29) is 5.92 Å². The van der Waals surface area contributed by atoms with Crippen LogP contribution >= 0.6 is 22.9 Å². The second-order valence-corrected chi connectivity index (χ2v) is 4.02. The second kappa shape index (κ2) is 3.14. The number of halogens is 2. The molecule has 1 aliphatic rings. The summed E-state index contributed by atoms with van der Waals surface area (Å²) in [6, 6.07) is 0. The van der Waals surface area contributed by atoms with Crippen LogP contribution in [0.4, 0.5) is 4.39 Å². The average molecular weight is 243 g/mol. The van der Waals surface area contributed by atoms with Crippen LogP contribution in [0.5, 0.6) is 0 Å². The molecule has 1 fully saturated rings. The average Bonchev–Trinajstić information content (AvgIpc) is 1.80. The quantitative estimate of drug-likeness (QED) is 0.464. The van der Waals surface area contributed by atoms with Gasteiger partial charge < -0.3 is 0 Å². The highest BCUT2D eigenvalue weighted by Gasteiger charge is 2.23. The van der Waals surface area contributed by atoms with E-state index in [0.29, 0.717) is 6.54 Å². The second-order valence-electron chi connectivity index (χ2n) is 2.65. The predicted octanol–water partition coefficient (Wildman–Crippen LogP) is 2.02. The molecule has 0 saturated carbocycles. The van der Waals surface area contributed by atoms with Crippen LogP contribution in [0, 0.1) is 5.92 Å². The molecule has 2 atom stereocenters. The fraction of sp³-hybridized carbons (Fsp3) is 1.00. The minimum Gasteiger partial charge on any atom is -0.246 e. The van der Waals surface area contributed by atoms with Gasteiger partial charge in [-0.15, -0.1) is 0 Å². The lowest BCUT2D eigenvalue weighted by molar-refractivity contribution is 0.159. The van der Waals surface area contributed by atoms with Crippen LogP contribution in [-0.4, -0.2) is 22.4 Å². The Labute approximate surface area is 69.1 Å². The van der Waals surface area contributed by atoms with E-state index in [4.69, 9.17) is 0 Å². The molecule has 0 radical (unpaired) electrons. The molecular weight excluding hydrogens is 232 g/mol. The zero-order valence-electron chi connectivity index (χ0n) is 5.48. The van der Waals surface area contributed by atoms with Gasteiger partial charge in [-0.05, 0) is 12.3 Å². The fourth-order valence-electron chi connectivity index (χ4n) is 0.985. The lowest BCUT2D eigenvalue weighted by Crippen LogP contribution is -2.34. The molecule has 0 aromatic heterocycles. The van der Waals surface area contributed by atoms with E-state index in [2.05, 4.69) is 22.9 Å². The van der Waals surface area contributed by atoms with Crippen molar-refractivity contribution in [1.82, 2.24) is 3.11 Å². The normalized spacial score (nSPS) is 39.0. The van der Waals surface area contributed by atoms with Crippen LogP contribution in [0.2, 0.25) is 0 Å². The molecule has 1 rings (SSSR count). The van der Waals surface area contributed by atoms with Crippen LogP contribution in [-0.2, 0) is 0 Å². The van der Waals surface area contributed by atoms with E-state index in [0.717, 1.165) is 13.0 Å². The van der Waals surface area contributed by atoms with E-state index >= 15 is 0 Å². The lowest BCUT2D eigenvalue weighted by atomic mass is 9.99. The molecule has 1 saturated heterocycles. The topological polar surface area (TPSA) is 3.24 Å². The highest BCUT2D eigenvalue weighted by Crippen LogP contribution is 2.21. The highest BCUT2D eigenvalue weighted by atomic mass is 127. The molecule has 54 valence electrons. The third-order valence-electron chi connectivity index (χ3n) is 1.82. The number of piperidine rings is 1. The number of alkyl halides is 1. The summed E-state index contributed by atoms with van der Waals surface area (Å²) in [4.78, 5) is 0. The van der Waals surface area contributed by atoms with E-state index in [1.807, 2.05) is 10.0 Å². The first-order chi connectivity index (χ1) is 4.20. The van der Waals surface area contributed by atoms with Gasteiger partial charge in [0.25, 0.3) is 0 Å². The highest BCUT2D eigenvalue weighted by molar-refractivity contribution is 14.1. The molecular formula is C6H11FIN. The SMILES string of the molecule is C[C@H]1CCN(I)C[C@H]1F. The zero-order chi connectivity index (χ0) is 6.85. The smallest absolute Gasteiger partial charge is 0.116 e. The number of hydrogen-bond donors (Lipinski definition) is 0. The predicted molar refractivity (Wildman–Crippen MR) is 44.3 cm³/mol. The van der Waals surface area contributed by atoms with Crippen molar-refractivity contribution in [3.63, 3.8) is 0 Å². The minimum absolute atomic E-state index is 0.274. The molecule has 0 amide bonds. The van der Waals surface area contributed by atoms with Crippen molar-refractivity contribution in [2.24, 2.45) is 5.92 Å². The van der Waals surface area contributed by atoms with Crippen molar-refractivity contribution in [2.45, 2.75) is 19.5 Å². The molecule has 0 unspecified atom stereocenters. The summed E-state index contributed by atoms with van der Waals surface area (Å²) in [6.45, 7) is 3.64. The van der Waals surface area contributed by atoms with Crippen molar-refractivity contribution in [3.8, 4) is 0 Å². The maximum Gasteiger partial charge on any atom is 0.116 e. The van der Waals surface area contributed by atoms with Crippen molar-refractivity contribution >= 4 is 22.9 Å². The van der Waals surface area contributed by atoms with Gasteiger partial charge in [-0.25, -0.2) is 7.50 Å². The van der Waals surface area contributed by atoms with Gasteiger partial charge in [-0.1, -0.05) is 6.92 Å². The van der Waals surface area contributed by atoms with Crippen molar-refractivity contribution in [2.75, 3.05) is 13.1 Å². The van der Waals surface area contributed by atoms with Gasteiger partial charge in [0.05, 0.1) is 0 Å². The van der Waals surface area contributed by atoms with Gasteiger partial charge in [-0.2, -0.15) is 0 Å². The summed E-state index contributed by atoms with van der Waals surface area (Å²) < 4.78 is 14.8. The van der Waals surface area contributed by atoms with Gasteiger partial charge in [0.1, 0.15) is 6.17 Å². The van der Waals surface area contributed by atoms with E-state index in [9.17, 15) is 4.39 Å². The lowest BCUT2D eigenvalue weighted by Gasteiger charge is -2.28. The van der Waals surface area contributed by atoms with Crippen LogP contribution in [0.1, 0.15) is 13.3 Å². The summed E-state index contributed by atoms with van der Waals surface area (Å²) in [5.41, 5.74) is 0. The Kier molecular flexibility index (Phi) is 2.70. The Morgan fingerprint density at radius 1 is 1.67 bits per heavy atom. The Balaban J connectivity index is 2.35. The van der Waals surface area contributed by atoms with Crippen molar-refractivity contribution in [1.29, 1.82) is 0 Å². The van der Waals surface area contributed by atoms with Gasteiger partial charge in [0.15, 0.2) is 0 Å². The van der Waals surface area contributed by atoms with E-state index < -0.39 is 6.17 Å². The first kappa shape index (κ1) is 7.72. The van der Waals surface area contributed by atoms with E-state index in [1.54, 1.807) is 0 Å². The molecule has 1 heterocycles. The number of rotatable bonds is 0. The van der Waals surface area contributed by atoms with Gasteiger partial charge in [-0.3, -0.25) is 0 Å². The van der Waals surface area contributed by atoms with Crippen LogP contribution in [0.25, 0.3) is 0 Å². The van der Waals surface area contributed by atoms with Crippen molar-refractivity contribution < 1.29 is 4.39 Å². The fourth-order valence-corrected chi connectivity index (χ4v) is 1.64. The van der Waals surface area contributed by atoms with Gasteiger partial charge >= 0.3 is 0 Å². The first-order valence-corrected chi connectivity index (χ1v) is 4.21. The van der Waals surface area contributed by atoms with Crippen LogP contribution < -0.4 is 0 Å². The molecule has 1 aliphatic heterocycles. The van der Waals surface area contributed by atoms with Gasteiger partial charge in [0.2, 0.25) is 0 Å². The number of nitrogens with zero attached hydrogens (tertiary/aromatic N) is 1. The third-order valence-corrected chi connectivity index (χ3v) is 2.69. The monoisotopic (exact) mass is 243 g/mol. The summed E-state index contributed by atoms with van der Waals surface area (Å²) in [5.74, 6) is 0.274. The maximum atomic E-state index is 12.8. The molecule has 0 aromatic rings. The third kappa shape index (κ3) is 2.04. The summed E-state index contributed by atoms with van der Waals surface area (Å²) in [5, 5.41) is 0. The summed E-state index contributed by atoms with van der Waals surface area (Å²) in [6.07, 6.45) is 0.403. The van der Waals surface area contributed by atoms with E-state index in [1.165, 1.54) is 0 Å².